The lowest BCUT2D eigenvalue weighted by Gasteiger charge is -2.26. The highest BCUT2D eigenvalue weighted by Crippen LogP contribution is 2.18. The van der Waals surface area contributed by atoms with Crippen molar-refractivity contribution in [3.63, 3.8) is 0 Å². The molecule has 3 amide bonds. The van der Waals surface area contributed by atoms with Gasteiger partial charge in [0.1, 0.15) is 5.52 Å². The first kappa shape index (κ1) is 20.8. The Morgan fingerprint density at radius 3 is 2.48 bits per heavy atom. The van der Waals surface area contributed by atoms with Gasteiger partial charge in [0.25, 0.3) is 5.91 Å². The maximum absolute atomic E-state index is 12.7. The molecule has 4 rings (SSSR count). The van der Waals surface area contributed by atoms with Crippen molar-refractivity contribution in [2.45, 2.75) is 39.7 Å². The molecule has 0 saturated carbocycles. The van der Waals surface area contributed by atoms with Crippen molar-refractivity contribution in [1.82, 2.24) is 25.2 Å². The fourth-order valence-corrected chi connectivity index (χ4v) is 4.05. The Balaban J connectivity index is 1.34. The van der Waals surface area contributed by atoms with E-state index in [0.29, 0.717) is 24.2 Å². The molecule has 1 saturated heterocycles. The lowest BCUT2D eigenvalue weighted by atomic mass is 10.1. The van der Waals surface area contributed by atoms with E-state index >= 15 is 0 Å². The van der Waals surface area contributed by atoms with Gasteiger partial charge in [-0.25, -0.2) is 9.48 Å². The van der Waals surface area contributed by atoms with E-state index in [-0.39, 0.29) is 11.9 Å². The lowest BCUT2D eigenvalue weighted by Crippen LogP contribution is -2.35. The molecule has 1 fully saturated rings. The molecule has 0 atom stereocenters. The van der Waals surface area contributed by atoms with E-state index in [0.717, 1.165) is 48.3 Å². The Labute approximate surface area is 181 Å². The topological polar surface area (TPSA) is 92.1 Å². The number of carbonyl (C=O) groups is 2. The Morgan fingerprint density at radius 1 is 1.00 bits per heavy atom. The summed E-state index contributed by atoms with van der Waals surface area (Å²) in [5.41, 5.74) is 5.14. The molecule has 1 aliphatic rings. The van der Waals surface area contributed by atoms with Gasteiger partial charge in [0.2, 0.25) is 0 Å². The quantitative estimate of drug-likeness (QED) is 0.661. The Bertz CT molecular complexity index is 1080. The fraction of sp³-hybridized carbons (Fsp3) is 0.391. The standard InChI is InChI=1S/C23H28N6O2/c1-16-12-17(2)14-19(13-16)25-23(31)24-8-11-29-21-7-6-18(15-20(21)26-27-29)22(30)28-9-4-3-5-10-28/h6-7,12-15H,3-5,8-11H2,1-2H3,(H2,24,25,31). The summed E-state index contributed by atoms with van der Waals surface area (Å²) >= 11 is 0. The molecule has 1 aliphatic heterocycles. The number of piperidine rings is 1. The molecule has 3 aromatic rings. The van der Waals surface area contributed by atoms with Gasteiger partial charge in [0.05, 0.1) is 12.1 Å². The number of anilines is 1. The molecular formula is C23H28N6O2. The van der Waals surface area contributed by atoms with E-state index in [2.05, 4.69) is 27.0 Å². The van der Waals surface area contributed by atoms with E-state index < -0.39 is 0 Å². The van der Waals surface area contributed by atoms with Crippen LogP contribution in [0.2, 0.25) is 0 Å². The van der Waals surface area contributed by atoms with Crippen molar-refractivity contribution in [2.24, 2.45) is 0 Å². The van der Waals surface area contributed by atoms with Crippen LogP contribution in [0.4, 0.5) is 10.5 Å². The number of amides is 3. The Kier molecular flexibility index (Phi) is 6.16. The second-order valence-electron chi connectivity index (χ2n) is 8.13. The molecule has 0 spiro atoms. The van der Waals surface area contributed by atoms with Gasteiger partial charge in [-0.3, -0.25) is 4.79 Å². The number of nitrogens with one attached hydrogen (secondary N) is 2. The van der Waals surface area contributed by atoms with Crippen LogP contribution in [0.25, 0.3) is 11.0 Å². The van der Waals surface area contributed by atoms with Crippen LogP contribution < -0.4 is 10.6 Å². The van der Waals surface area contributed by atoms with Gasteiger partial charge in [-0.15, -0.1) is 5.10 Å². The predicted molar refractivity (Wildman–Crippen MR) is 120 cm³/mol. The van der Waals surface area contributed by atoms with Gasteiger partial charge >= 0.3 is 6.03 Å². The number of rotatable bonds is 5. The maximum atomic E-state index is 12.7. The van der Waals surface area contributed by atoms with E-state index in [1.165, 1.54) is 6.42 Å². The zero-order chi connectivity index (χ0) is 21.8. The number of hydrogen-bond donors (Lipinski definition) is 2. The third kappa shape index (κ3) is 5.02. The normalized spacial score (nSPS) is 13.9. The van der Waals surface area contributed by atoms with Crippen molar-refractivity contribution < 1.29 is 9.59 Å². The molecule has 8 heteroatoms. The summed E-state index contributed by atoms with van der Waals surface area (Å²) in [6.07, 6.45) is 3.32. The molecule has 1 aromatic heterocycles. The third-order valence-corrected chi connectivity index (χ3v) is 5.49. The van der Waals surface area contributed by atoms with Crippen molar-refractivity contribution >= 4 is 28.7 Å². The minimum Gasteiger partial charge on any atom is -0.339 e. The first-order valence-electron chi connectivity index (χ1n) is 10.8. The molecule has 0 radical (unpaired) electrons. The summed E-state index contributed by atoms with van der Waals surface area (Å²) in [7, 11) is 0. The van der Waals surface area contributed by atoms with Gasteiger partial charge < -0.3 is 15.5 Å². The van der Waals surface area contributed by atoms with Crippen LogP contribution in [0, 0.1) is 13.8 Å². The highest BCUT2D eigenvalue weighted by atomic mass is 16.2. The minimum absolute atomic E-state index is 0.0564. The fourth-order valence-electron chi connectivity index (χ4n) is 4.05. The van der Waals surface area contributed by atoms with Gasteiger partial charge in [-0.05, 0) is 74.6 Å². The van der Waals surface area contributed by atoms with Crippen LogP contribution in [0.1, 0.15) is 40.7 Å². The molecule has 2 aromatic carbocycles. The van der Waals surface area contributed by atoms with Crippen molar-refractivity contribution in [3.8, 4) is 0 Å². The summed E-state index contributed by atoms with van der Waals surface area (Å²) in [5.74, 6) is 0.0564. The third-order valence-electron chi connectivity index (χ3n) is 5.49. The monoisotopic (exact) mass is 420 g/mol. The number of aryl methyl sites for hydroxylation is 2. The van der Waals surface area contributed by atoms with Crippen molar-refractivity contribution in [2.75, 3.05) is 25.0 Å². The highest BCUT2D eigenvalue weighted by Gasteiger charge is 2.19. The van der Waals surface area contributed by atoms with Gasteiger partial charge in [0, 0.05) is 30.9 Å². The Morgan fingerprint density at radius 2 is 1.74 bits per heavy atom. The number of fused-ring (bicyclic) bond motifs is 1. The minimum atomic E-state index is -0.260. The van der Waals surface area contributed by atoms with E-state index in [4.69, 9.17) is 0 Å². The molecule has 0 bridgehead atoms. The molecule has 0 unspecified atom stereocenters. The zero-order valence-corrected chi connectivity index (χ0v) is 18.0. The maximum Gasteiger partial charge on any atom is 0.319 e. The first-order chi connectivity index (χ1) is 15.0. The summed E-state index contributed by atoms with van der Waals surface area (Å²) in [6, 6.07) is 11.2. The highest BCUT2D eigenvalue weighted by molar-refractivity contribution is 5.97. The van der Waals surface area contributed by atoms with Crippen LogP contribution in [0.3, 0.4) is 0 Å². The van der Waals surface area contributed by atoms with Gasteiger partial charge in [-0.1, -0.05) is 11.3 Å². The van der Waals surface area contributed by atoms with Gasteiger partial charge in [-0.2, -0.15) is 0 Å². The van der Waals surface area contributed by atoms with Crippen LogP contribution in [0.5, 0.6) is 0 Å². The van der Waals surface area contributed by atoms with Crippen LogP contribution in [-0.2, 0) is 6.54 Å². The van der Waals surface area contributed by atoms with E-state index in [1.807, 2.05) is 43.0 Å². The Hall–Kier alpha value is -3.42. The van der Waals surface area contributed by atoms with Crippen LogP contribution in [0.15, 0.2) is 36.4 Å². The van der Waals surface area contributed by atoms with Crippen LogP contribution in [-0.4, -0.2) is 51.5 Å². The zero-order valence-electron chi connectivity index (χ0n) is 18.0. The number of likely N-dealkylation sites (tertiary alicyclic amines) is 1. The smallest absolute Gasteiger partial charge is 0.319 e. The lowest BCUT2D eigenvalue weighted by molar-refractivity contribution is 0.0724. The number of benzene rings is 2. The molecular weight excluding hydrogens is 392 g/mol. The number of urea groups is 1. The number of carbonyl (C=O) groups excluding carboxylic acids is 2. The summed E-state index contributed by atoms with van der Waals surface area (Å²) < 4.78 is 1.74. The van der Waals surface area contributed by atoms with Crippen molar-refractivity contribution in [3.05, 3.63) is 53.1 Å². The van der Waals surface area contributed by atoms with Gasteiger partial charge in [0.15, 0.2) is 0 Å². The summed E-state index contributed by atoms with van der Waals surface area (Å²) in [4.78, 5) is 26.8. The molecule has 2 heterocycles. The summed E-state index contributed by atoms with van der Waals surface area (Å²) in [5, 5.41) is 14.1. The first-order valence-corrected chi connectivity index (χ1v) is 10.8. The average molecular weight is 421 g/mol. The second kappa shape index (κ2) is 9.16. The molecule has 8 nitrogen and oxygen atoms in total. The number of hydrogen-bond acceptors (Lipinski definition) is 4. The SMILES string of the molecule is Cc1cc(C)cc(NC(=O)NCCn2nnc3cc(C(=O)N4CCCCC4)ccc32)c1. The van der Waals surface area contributed by atoms with Crippen molar-refractivity contribution in [1.29, 1.82) is 0 Å². The molecule has 2 N–H and O–H groups in total. The molecule has 0 aliphatic carbocycles. The molecule has 31 heavy (non-hydrogen) atoms. The van der Waals surface area contributed by atoms with Crippen LogP contribution >= 0.6 is 0 Å². The van der Waals surface area contributed by atoms with E-state index in [9.17, 15) is 9.59 Å². The van der Waals surface area contributed by atoms with E-state index in [1.54, 1.807) is 10.7 Å². The summed E-state index contributed by atoms with van der Waals surface area (Å²) in [6.45, 7) is 6.52. The predicted octanol–water partition coefficient (Wildman–Crippen LogP) is 3.50. The number of nitrogens with zero attached hydrogens (tertiary/aromatic N) is 4. The number of aromatic nitrogens is 3. The molecule has 162 valence electrons. The second-order valence-corrected chi connectivity index (χ2v) is 8.13. The average Bonchev–Trinajstić information content (AvgIpc) is 3.15. The largest absolute Gasteiger partial charge is 0.339 e.